The molecule has 0 atom stereocenters. The van der Waals surface area contributed by atoms with E-state index in [-0.39, 0.29) is 18.2 Å². The van der Waals surface area contributed by atoms with Gasteiger partial charge >= 0.3 is 0 Å². The maximum absolute atomic E-state index is 12.5. The highest BCUT2D eigenvalue weighted by atomic mass is 16.5. The van der Waals surface area contributed by atoms with Crippen LogP contribution in [0.15, 0.2) is 73.1 Å². The Hall–Kier alpha value is -3.74. The second-order valence-electron chi connectivity index (χ2n) is 6.44. The van der Waals surface area contributed by atoms with Crippen molar-refractivity contribution in [2.24, 2.45) is 0 Å². The van der Waals surface area contributed by atoms with Gasteiger partial charge in [-0.3, -0.25) is 20.4 Å². The van der Waals surface area contributed by atoms with Gasteiger partial charge in [-0.15, -0.1) is 0 Å². The number of ether oxygens (including phenoxy) is 2. The molecule has 0 saturated heterocycles. The van der Waals surface area contributed by atoms with Crippen LogP contribution in [0.3, 0.4) is 0 Å². The predicted octanol–water partition coefficient (Wildman–Crippen LogP) is 3.50. The minimum atomic E-state index is -0.380. The zero-order chi connectivity index (χ0) is 21.2. The molecular weight excluding hydrogens is 382 g/mol. The van der Waals surface area contributed by atoms with E-state index in [0.29, 0.717) is 36.7 Å². The average Bonchev–Trinajstić information content (AvgIpc) is 3.31. The summed E-state index contributed by atoms with van der Waals surface area (Å²) in [5.41, 5.74) is 6.12. The minimum absolute atomic E-state index is 0.219. The SMILES string of the molecule is CCOc1ccccc1OCCCC(=O)NNC(=O)c1ccccc1-n1cccc1. The fraction of sp³-hybridized carbons (Fsp3) is 0.217. The van der Waals surface area contributed by atoms with Crippen molar-refractivity contribution in [3.8, 4) is 17.2 Å². The molecule has 0 aliphatic rings. The van der Waals surface area contributed by atoms with Crippen molar-refractivity contribution in [3.63, 3.8) is 0 Å². The summed E-state index contributed by atoms with van der Waals surface area (Å²) in [6, 6.07) is 18.4. The number of benzene rings is 2. The van der Waals surface area contributed by atoms with Gasteiger partial charge in [0.15, 0.2) is 11.5 Å². The third-order valence-corrected chi connectivity index (χ3v) is 4.30. The fourth-order valence-electron chi connectivity index (χ4n) is 2.90. The lowest BCUT2D eigenvalue weighted by Crippen LogP contribution is -2.42. The van der Waals surface area contributed by atoms with Crippen LogP contribution in [0, 0.1) is 0 Å². The first kappa shape index (κ1) is 21.0. The third-order valence-electron chi connectivity index (χ3n) is 4.30. The number of para-hydroxylation sites is 3. The first-order chi connectivity index (χ1) is 14.7. The predicted molar refractivity (Wildman–Crippen MR) is 114 cm³/mol. The van der Waals surface area contributed by atoms with Crippen LogP contribution in [0.25, 0.3) is 5.69 Å². The molecule has 3 aromatic rings. The number of rotatable bonds is 9. The second kappa shape index (κ2) is 10.7. The Morgan fingerprint density at radius 1 is 0.867 bits per heavy atom. The zero-order valence-electron chi connectivity index (χ0n) is 16.8. The Balaban J connectivity index is 1.44. The quantitative estimate of drug-likeness (QED) is 0.420. The highest BCUT2D eigenvalue weighted by Crippen LogP contribution is 2.26. The van der Waals surface area contributed by atoms with Gasteiger partial charge in [-0.25, -0.2) is 0 Å². The lowest BCUT2D eigenvalue weighted by atomic mass is 10.1. The van der Waals surface area contributed by atoms with Gasteiger partial charge in [0.1, 0.15) is 0 Å². The minimum Gasteiger partial charge on any atom is -0.490 e. The van der Waals surface area contributed by atoms with Gasteiger partial charge in [0.2, 0.25) is 5.91 Å². The van der Waals surface area contributed by atoms with Crippen LogP contribution in [-0.2, 0) is 4.79 Å². The molecular formula is C23H25N3O4. The molecule has 0 fully saturated rings. The molecule has 30 heavy (non-hydrogen) atoms. The summed E-state index contributed by atoms with van der Waals surface area (Å²) < 4.78 is 13.0. The van der Waals surface area contributed by atoms with Gasteiger partial charge in [0.25, 0.3) is 5.91 Å². The molecule has 0 bridgehead atoms. The van der Waals surface area contributed by atoms with Gasteiger partial charge < -0.3 is 14.0 Å². The number of nitrogens with one attached hydrogen (secondary N) is 2. The smallest absolute Gasteiger partial charge is 0.271 e. The van der Waals surface area contributed by atoms with Crippen molar-refractivity contribution in [3.05, 3.63) is 78.6 Å². The number of hydrogen-bond donors (Lipinski definition) is 2. The van der Waals surface area contributed by atoms with Gasteiger partial charge in [-0.05, 0) is 49.7 Å². The van der Waals surface area contributed by atoms with Crippen molar-refractivity contribution in [1.82, 2.24) is 15.4 Å². The van der Waals surface area contributed by atoms with E-state index in [1.165, 1.54) is 0 Å². The number of carbonyl (C=O) groups excluding carboxylic acids is 2. The summed E-state index contributed by atoms with van der Waals surface area (Å²) in [4.78, 5) is 24.6. The van der Waals surface area contributed by atoms with Crippen LogP contribution >= 0.6 is 0 Å². The lowest BCUT2D eigenvalue weighted by molar-refractivity contribution is -0.122. The summed E-state index contributed by atoms with van der Waals surface area (Å²) in [5, 5.41) is 0. The summed E-state index contributed by atoms with van der Waals surface area (Å²) in [5.74, 6) is 0.658. The molecule has 156 valence electrons. The molecule has 2 N–H and O–H groups in total. The second-order valence-corrected chi connectivity index (χ2v) is 6.44. The van der Waals surface area contributed by atoms with Crippen LogP contribution in [0.5, 0.6) is 11.5 Å². The Bertz CT molecular complexity index is 970. The van der Waals surface area contributed by atoms with E-state index >= 15 is 0 Å². The Morgan fingerprint density at radius 3 is 2.27 bits per heavy atom. The summed E-state index contributed by atoms with van der Waals surface area (Å²) >= 11 is 0. The molecule has 0 unspecified atom stereocenters. The van der Waals surface area contributed by atoms with Gasteiger partial charge in [0, 0.05) is 18.8 Å². The molecule has 0 saturated carbocycles. The molecule has 7 nitrogen and oxygen atoms in total. The fourth-order valence-corrected chi connectivity index (χ4v) is 2.90. The van der Waals surface area contributed by atoms with Crippen molar-refractivity contribution < 1.29 is 19.1 Å². The molecule has 0 spiro atoms. The monoisotopic (exact) mass is 407 g/mol. The number of hydrogen-bond acceptors (Lipinski definition) is 4. The van der Waals surface area contributed by atoms with E-state index in [2.05, 4.69) is 10.9 Å². The van der Waals surface area contributed by atoms with E-state index in [0.717, 1.165) is 5.69 Å². The number of hydrazine groups is 1. The average molecular weight is 407 g/mol. The van der Waals surface area contributed by atoms with Crippen molar-refractivity contribution in [2.75, 3.05) is 13.2 Å². The molecule has 1 heterocycles. The van der Waals surface area contributed by atoms with Crippen LogP contribution in [0.4, 0.5) is 0 Å². The highest BCUT2D eigenvalue weighted by molar-refractivity contribution is 5.98. The molecule has 7 heteroatoms. The maximum atomic E-state index is 12.5. The standard InChI is InChI=1S/C23H25N3O4/c1-2-29-20-12-5-6-13-21(20)30-17-9-14-22(27)24-25-23(28)18-10-3-4-11-19(18)26-15-7-8-16-26/h3-8,10-13,15-16H,2,9,14,17H2,1H3,(H,24,27)(H,25,28). The molecule has 2 aromatic carbocycles. The summed E-state index contributed by atoms with van der Waals surface area (Å²) in [6.45, 7) is 2.82. The van der Waals surface area contributed by atoms with E-state index in [9.17, 15) is 9.59 Å². The highest BCUT2D eigenvalue weighted by Gasteiger charge is 2.13. The first-order valence-electron chi connectivity index (χ1n) is 9.85. The van der Waals surface area contributed by atoms with Gasteiger partial charge in [-0.1, -0.05) is 24.3 Å². The number of carbonyl (C=O) groups is 2. The van der Waals surface area contributed by atoms with E-state index < -0.39 is 0 Å². The van der Waals surface area contributed by atoms with Crippen LogP contribution in [-0.4, -0.2) is 29.6 Å². The van der Waals surface area contributed by atoms with Gasteiger partial charge in [-0.2, -0.15) is 0 Å². The summed E-state index contributed by atoms with van der Waals surface area (Å²) in [7, 11) is 0. The topological polar surface area (TPSA) is 81.6 Å². The molecule has 2 amide bonds. The van der Waals surface area contributed by atoms with E-state index in [1.54, 1.807) is 12.1 Å². The van der Waals surface area contributed by atoms with Crippen LogP contribution in [0.2, 0.25) is 0 Å². The van der Waals surface area contributed by atoms with E-state index in [1.807, 2.05) is 72.4 Å². The van der Waals surface area contributed by atoms with Crippen molar-refractivity contribution in [2.45, 2.75) is 19.8 Å². The van der Waals surface area contributed by atoms with Crippen molar-refractivity contribution >= 4 is 11.8 Å². The van der Waals surface area contributed by atoms with E-state index in [4.69, 9.17) is 9.47 Å². The number of aromatic nitrogens is 1. The zero-order valence-corrected chi connectivity index (χ0v) is 16.8. The third kappa shape index (κ3) is 5.64. The molecule has 0 radical (unpaired) electrons. The van der Waals surface area contributed by atoms with Crippen molar-refractivity contribution in [1.29, 1.82) is 0 Å². The Morgan fingerprint density at radius 2 is 1.53 bits per heavy atom. The number of amides is 2. The van der Waals surface area contributed by atoms with Crippen LogP contribution in [0.1, 0.15) is 30.1 Å². The maximum Gasteiger partial charge on any atom is 0.271 e. The number of nitrogens with zero attached hydrogens (tertiary/aromatic N) is 1. The molecule has 1 aromatic heterocycles. The Kier molecular flexibility index (Phi) is 7.49. The normalized spacial score (nSPS) is 10.3. The van der Waals surface area contributed by atoms with Crippen LogP contribution < -0.4 is 20.3 Å². The molecule has 0 aliphatic heterocycles. The molecule has 0 aliphatic carbocycles. The largest absolute Gasteiger partial charge is 0.490 e. The first-order valence-corrected chi connectivity index (χ1v) is 9.85. The van der Waals surface area contributed by atoms with Gasteiger partial charge in [0.05, 0.1) is 24.5 Å². The molecule has 3 rings (SSSR count). The lowest BCUT2D eigenvalue weighted by Gasteiger charge is -2.12. The Labute approximate surface area is 175 Å². The summed E-state index contributed by atoms with van der Waals surface area (Å²) in [6.07, 6.45) is 4.43.